The van der Waals surface area contributed by atoms with Gasteiger partial charge < -0.3 is 19.6 Å². The predicted octanol–water partition coefficient (Wildman–Crippen LogP) is 2.65. The van der Waals surface area contributed by atoms with Crippen molar-refractivity contribution in [1.29, 1.82) is 0 Å². The molecule has 0 fully saturated rings. The number of nitrogens with zero attached hydrogens (tertiary/aromatic N) is 1. The maximum atomic E-state index is 12.2. The van der Waals surface area contributed by atoms with E-state index in [2.05, 4.69) is 15.5 Å². The zero-order valence-electron chi connectivity index (χ0n) is 13.7. The number of aromatic amines is 1. The van der Waals surface area contributed by atoms with Crippen LogP contribution in [-0.2, 0) is 0 Å². The van der Waals surface area contributed by atoms with Gasteiger partial charge in [-0.05, 0) is 36.4 Å². The van der Waals surface area contributed by atoms with Crippen molar-refractivity contribution in [1.82, 2.24) is 10.4 Å². The van der Waals surface area contributed by atoms with Gasteiger partial charge in [-0.2, -0.15) is 5.10 Å². The minimum atomic E-state index is -0.395. The Morgan fingerprint density at radius 2 is 2.04 bits per heavy atom. The van der Waals surface area contributed by atoms with Crippen LogP contribution >= 0.6 is 0 Å². The number of benzene rings is 2. The van der Waals surface area contributed by atoms with Crippen molar-refractivity contribution < 1.29 is 19.4 Å². The van der Waals surface area contributed by atoms with Gasteiger partial charge in [0.1, 0.15) is 11.4 Å². The molecule has 3 N–H and O–H groups in total. The number of hydrogen-bond donors (Lipinski definition) is 3. The third kappa shape index (κ3) is 3.40. The molecule has 0 atom stereocenters. The number of carbonyl (C=O) groups is 1. The number of fused-ring (bicyclic) bond motifs is 1. The normalized spacial score (nSPS) is 11.0. The Morgan fingerprint density at radius 1 is 1.20 bits per heavy atom. The van der Waals surface area contributed by atoms with Crippen molar-refractivity contribution in [2.45, 2.75) is 0 Å². The minimum absolute atomic E-state index is 0.0410. The minimum Gasteiger partial charge on any atom is -0.504 e. The zero-order chi connectivity index (χ0) is 17.8. The van der Waals surface area contributed by atoms with Crippen molar-refractivity contribution in [3.63, 3.8) is 0 Å². The summed E-state index contributed by atoms with van der Waals surface area (Å²) in [6.45, 7) is 0. The zero-order valence-corrected chi connectivity index (χ0v) is 13.7. The van der Waals surface area contributed by atoms with Gasteiger partial charge in [-0.1, -0.05) is 6.07 Å². The molecule has 3 aromatic rings. The van der Waals surface area contributed by atoms with E-state index in [9.17, 15) is 9.90 Å². The fourth-order valence-corrected chi connectivity index (χ4v) is 2.39. The van der Waals surface area contributed by atoms with E-state index in [0.29, 0.717) is 22.8 Å². The second-order valence-electron chi connectivity index (χ2n) is 5.23. The Labute approximate surface area is 143 Å². The summed E-state index contributed by atoms with van der Waals surface area (Å²) in [6.07, 6.45) is 1.35. The first-order chi connectivity index (χ1) is 12.1. The molecule has 7 nitrogen and oxygen atoms in total. The van der Waals surface area contributed by atoms with Gasteiger partial charge in [0.05, 0.1) is 20.4 Å². The van der Waals surface area contributed by atoms with E-state index in [1.165, 1.54) is 13.3 Å². The Bertz CT molecular complexity index is 947. The van der Waals surface area contributed by atoms with Crippen LogP contribution in [0.2, 0.25) is 0 Å². The summed E-state index contributed by atoms with van der Waals surface area (Å²) >= 11 is 0. The largest absolute Gasteiger partial charge is 0.504 e. The molecular formula is C18H17N3O4. The number of nitrogens with one attached hydrogen (secondary N) is 2. The molecule has 1 aromatic heterocycles. The first kappa shape index (κ1) is 16.4. The molecule has 0 aliphatic rings. The molecule has 0 aliphatic carbocycles. The van der Waals surface area contributed by atoms with E-state index < -0.39 is 5.91 Å². The molecule has 0 spiro atoms. The lowest BCUT2D eigenvalue weighted by molar-refractivity contribution is 0.0951. The molecule has 1 amide bonds. The lowest BCUT2D eigenvalue weighted by atomic mass is 10.2. The summed E-state index contributed by atoms with van der Waals surface area (Å²) in [5, 5.41) is 14.7. The number of aromatic nitrogens is 1. The van der Waals surface area contributed by atoms with Crippen LogP contribution < -0.4 is 14.9 Å². The van der Waals surface area contributed by atoms with Gasteiger partial charge in [-0.15, -0.1) is 0 Å². The van der Waals surface area contributed by atoms with Crippen LogP contribution in [0.5, 0.6) is 17.2 Å². The standard InChI is InChI=1S/C18H17N3O4/c1-24-13-6-7-14-12(8-13)9-15(20-14)18(23)21-19-10-11-4-3-5-16(25-2)17(11)22/h3-10,20,22H,1-2H3,(H,21,23)/b19-10+. The number of phenols is 1. The Balaban J connectivity index is 1.74. The molecule has 0 saturated heterocycles. The molecule has 1 heterocycles. The summed E-state index contributed by atoms with van der Waals surface area (Å²) in [7, 11) is 3.05. The number of amides is 1. The second-order valence-corrected chi connectivity index (χ2v) is 5.23. The summed E-state index contributed by atoms with van der Waals surface area (Å²) in [5.41, 5.74) is 4.04. The van der Waals surface area contributed by atoms with Gasteiger partial charge in [0.25, 0.3) is 5.91 Å². The fraction of sp³-hybridized carbons (Fsp3) is 0.111. The van der Waals surface area contributed by atoms with Crippen LogP contribution in [0.25, 0.3) is 10.9 Å². The first-order valence-electron chi connectivity index (χ1n) is 7.48. The van der Waals surface area contributed by atoms with Crippen molar-refractivity contribution in [2.75, 3.05) is 14.2 Å². The number of hydrazone groups is 1. The quantitative estimate of drug-likeness (QED) is 0.492. The fourth-order valence-electron chi connectivity index (χ4n) is 2.39. The molecule has 0 saturated carbocycles. The summed E-state index contributed by atoms with van der Waals surface area (Å²) in [6, 6.07) is 12.2. The van der Waals surface area contributed by atoms with Crippen molar-refractivity contribution >= 4 is 23.0 Å². The number of rotatable bonds is 5. The average molecular weight is 339 g/mol. The number of aromatic hydroxyl groups is 1. The summed E-state index contributed by atoms with van der Waals surface area (Å²) in [5.74, 6) is 0.610. The number of phenolic OH excluding ortho intramolecular Hbond substituents is 1. The maximum Gasteiger partial charge on any atom is 0.287 e. The Hall–Kier alpha value is -3.48. The summed E-state index contributed by atoms with van der Waals surface area (Å²) < 4.78 is 10.2. The number of H-pyrrole nitrogens is 1. The highest BCUT2D eigenvalue weighted by molar-refractivity contribution is 5.98. The predicted molar refractivity (Wildman–Crippen MR) is 94.6 cm³/mol. The monoisotopic (exact) mass is 339 g/mol. The van der Waals surface area contributed by atoms with Crippen LogP contribution in [0.3, 0.4) is 0 Å². The number of para-hydroxylation sites is 1. The molecular weight excluding hydrogens is 322 g/mol. The van der Waals surface area contributed by atoms with Crippen LogP contribution in [0.1, 0.15) is 16.1 Å². The van der Waals surface area contributed by atoms with E-state index in [1.807, 2.05) is 18.2 Å². The molecule has 0 unspecified atom stereocenters. The SMILES string of the molecule is COc1ccc2[nH]c(C(=O)N/N=C/c3cccc(OC)c3O)cc2c1. The van der Waals surface area contributed by atoms with Crippen LogP contribution in [0.4, 0.5) is 0 Å². The van der Waals surface area contributed by atoms with Crippen LogP contribution in [0, 0.1) is 0 Å². The number of carbonyl (C=O) groups excluding carboxylic acids is 1. The lowest BCUT2D eigenvalue weighted by Crippen LogP contribution is -2.17. The van der Waals surface area contributed by atoms with Crippen molar-refractivity contribution in [3.8, 4) is 17.2 Å². The number of methoxy groups -OCH3 is 2. The van der Waals surface area contributed by atoms with Crippen molar-refractivity contribution in [2.24, 2.45) is 5.10 Å². The van der Waals surface area contributed by atoms with Crippen LogP contribution in [0.15, 0.2) is 47.6 Å². The van der Waals surface area contributed by atoms with Gasteiger partial charge >= 0.3 is 0 Å². The molecule has 0 aliphatic heterocycles. The average Bonchev–Trinajstić information content (AvgIpc) is 3.06. The highest BCUT2D eigenvalue weighted by Gasteiger charge is 2.10. The molecule has 0 radical (unpaired) electrons. The first-order valence-corrected chi connectivity index (χ1v) is 7.48. The molecule has 25 heavy (non-hydrogen) atoms. The third-order valence-electron chi connectivity index (χ3n) is 3.69. The number of hydrogen-bond acceptors (Lipinski definition) is 5. The number of ether oxygens (including phenoxy) is 2. The highest BCUT2D eigenvalue weighted by Crippen LogP contribution is 2.28. The Kier molecular flexibility index (Phi) is 4.56. The third-order valence-corrected chi connectivity index (χ3v) is 3.69. The van der Waals surface area contributed by atoms with E-state index >= 15 is 0 Å². The molecule has 7 heteroatoms. The van der Waals surface area contributed by atoms with Gasteiger partial charge in [-0.3, -0.25) is 4.79 Å². The second kappa shape index (κ2) is 6.96. The smallest absolute Gasteiger partial charge is 0.287 e. The van der Waals surface area contributed by atoms with E-state index in [-0.39, 0.29) is 5.75 Å². The topological polar surface area (TPSA) is 95.9 Å². The molecule has 3 rings (SSSR count). The van der Waals surface area contributed by atoms with Gasteiger partial charge in [0.2, 0.25) is 0 Å². The van der Waals surface area contributed by atoms with Crippen molar-refractivity contribution in [3.05, 3.63) is 53.7 Å². The summed E-state index contributed by atoms with van der Waals surface area (Å²) in [4.78, 5) is 15.2. The van der Waals surface area contributed by atoms with Gasteiger partial charge in [-0.25, -0.2) is 5.43 Å². The van der Waals surface area contributed by atoms with E-state index in [1.54, 1.807) is 31.4 Å². The molecule has 2 aromatic carbocycles. The lowest BCUT2D eigenvalue weighted by Gasteiger charge is -2.04. The van der Waals surface area contributed by atoms with Gasteiger partial charge in [0.15, 0.2) is 11.5 Å². The van der Waals surface area contributed by atoms with E-state index in [4.69, 9.17) is 9.47 Å². The maximum absolute atomic E-state index is 12.2. The molecule has 128 valence electrons. The molecule has 0 bridgehead atoms. The van der Waals surface area contributed by atoms with E-state index in [0.717, 1.165) is 10.9 Å². The van der Waals surface area contributed by atoms with Crippen LogP contribution in [-0.4, -0.2) is 36.4 Å². The highest BCUT2D eigenvalue weighted by atomic mass is 16.5. The Morgan fingerprint density at radius 3 is 2.80 bits per heavy atom. The van der Waals surface area contributed by atoms with Gasteiger partial charge in [0, 0.05) is 16.5 Å².